The van der Waals surface area contributed by atoms with Crippen LogP contribution in [0.15, 0.2) is 203 Å². The van der Waals surface area contributed by atoms with Crippen molar-refractivity contribution in [3.63, 3.8) is 0 Å². The predicted octanol–water partition coefficient (Wildman–Crippen LogP) is 13.0. The highest BCUT2D eigenvalue weighted by Gasteiger charge is 2.26. The fourth-order valence-electron chi connectivity index (χ4n) is 8.43. The first kappa shape index (κ1) is 28.5. The van der Waals surface area contributed by atoms with Crippen molar-refractivity contribution in [2.75, 3.05) is 0 Å². The van der Waals surface area contributed by atoms with Gasteiger partial charge in [0, 0.05) is 42.7 Å². The first-order chi connectivity index (χ1) is 25.3. The van der Waals surface area contributed by atoms with Crippen molar-refractivity contribution in [3.05, 3.63) is 188 Å². The van der Waals surface area contributed by atoms with Crippen LogP contribution in [0.25, 0.3) is 77.2 Å². The smallest absolute Gasteiger partial charge is 0.0542 e. The zero-order valence-corrected chi connectivity index (χ0v) is 28.6. The summed E-state index contributed by atoms with van der Waals surface area (Å²) in [6.45, 7) is 0. The number of rotatable bonds is 4. The molecule has 10 aromatic rings. The number of aromatic nitrogens is 2. The highest BCUT2D eigenvalue weighted by atomic mass is 32.2. The van der Waals surface area contributed by atoms with E-state index in [4.69, 9.17) is 0 Å². The van der Waals surface area contributed by atoms with Gasteiger partial charge in [0.1, 0.15) is 0 Å². The lowest BCUT2D eigenvalue weighted by atomic mass is 10.1. The van der Waals surface area contributed by atoms with Crippen molar-refractivity contribution in [2.24, 2.45) is 0 Å². The van der Waals surface area contributed by atoms with Gasteiger partial charge < -0.3 is 9.13 Å². The minimum absolute atomic E-state index is 0.618. The molecule has 0 fully saturated rings. The van der Waals surface area contributed by atoms with Crippen LogP contribution in [0.4, 0.5) is 0 Å². The Morgan fingerprint density at radius 1 is 0.314 bits per heavy atom. The minimum atomic E-state index is -0.618. The molecule has 0 amide bonds. The maximum Gasteiger partial charge on any atom is 0.0542 e. The van der Waals surface area contributed by atoms with E-state index < -0.39 is 10.9 Å². The fraction of sp³-hybridized carbons (Fsp3) is 0. The summed E-state index contributed by atoms with van der Waals surface area (Å²) in [5, 5.41) is 5.06. The summed E-state index contributed by atoms with van der Waals surface area (Å²) in [6, 6.07) is 69.4. The van der Waals surface area contributed by atoms with Crippen molar-refractivity contribution in [2.45, 2.75) is 14.7 Å². The van der Waals surface area contributed by atoms with E-state index in [9.17, 15) is 0 Å². The molecule has 1 aliphatic rings. The summed E-state index contributed by atoms with van der Waals surface area (Å²) in [5.41, 5.74) is 12.4. The SMILES string of the molecule is c1cc(-c2cccc([SH]3c4ccccc4-c4ccccc43)c2)cc(-n2c3ccccc3c3cc(-n4c5ccccc5c5ccccc54)ccc32)c1. The van der Waals surface area contributed by atoms with Crippen LogP contribution in [0.3, 0.4) is 0 Å². The normalized spacial score (nSPS) is 13.0. The largest absolute Gasteiger partial charge is 0.309 e. The molecular weight excluding hydrogens is 637 g/mol. The zero-order valence-electron chi connectivity index (χ0n) is 27.7. The number of nitrogens with zero attached hydrogens (tertiary/aromatic N) is 2. The Labute approximate surface area is 298 Å². The van der Waals surface area contributed by atoms with E-state index in [1.165, 1.54) is 86.2 Å². The zero-order chi connectivity index (χ0) is 33.5. The molecule has 2 nitrogen and oxygen atoms in total. The van der Waals surface area contributed by atoms with Crippen molar-refractivity contribution >= 4 is 54.5 Å². The van der Waals surface area contributed by atoms with E-state index >= 15 is 0 Å². The first-order valence-electron chi connectivity index (χ1n) is 17.5. The van der Waals surface area contributed by atoms with Gasteiger partial charge in [-0.2, -0.15) is 10.9 Å². The highest BCUT2D eigenvalue weighted by molar-refractivity contribution is 8.17. The lowest BCUT2D eigenvalue weighted by Gasteiger charge is -2.20. The number of hydrogen-bond donors (Lipinski definition) is 1. The lowest BCUT2D eigenvalue weighted by Crippen LogP contribution is -1.96. The van der Waals surface area contributed by atoms with Gasteiger partial charge in [0.2, 0.25) is 0 Å². The molecule has 8 aromatic carbocycles. The summed E-state index contributed by atoms with van der Waals surface area (Å²) in [4.78, 5) is 4.29. The Kier molecular flexibility index (Phi) is 6.22. The van der Waals surface area contributed by atoms with Crippen molar-refractivity contribution < 1.29 is 0 Å². The summed E-state index contributed by atoms with van der Waals surface area (Å²) in [7, 11) is -0.618. The number of fused-ring (bicyclic) bond motifs is 9. The predicted molar refractivity (Wildman–Crippen MR) is 216 cm³/mol. The average Bonchev–Trinajstić information content (AvgIpc) is 3.84. The Morgan fingerprint density at radius 2 is 0.784 bits per heavy atom. The summed E-state index contributed by atoms with van der Waals surface area (Å²) in [5.74, 6) is 0. The van der Waals surface area contributed by atoms with Gasteiger partial charge >= 0.3 is 0 Å². The van der Waals surface area contributed by atoms with Gasteiger partial charge in [0.25, 0.3) is 0 Å². The highest BCUT2D eigenvalue weighted by Crippen LogP contribution is 2.62. The van der Waals surface area contributed by atoms with Crippen LogP contribution >= 0.6 is 10.9 Å². The molecule has 1 aliphatic heterocycles. The van der Waals surface area contributed by atoms with Crippen LogP contribution in [-0.4, -0.2) is 9.13 Å². The Balaban J connectivity index is 1.05. The molecule has 0 radical (unpaired) electrons. The maximum atomic E-state index is 2.43. The number of para-hydroxylation sites is 3. The topological polar surface area (TPSA) is 9.86 Å². The summed E-state index contributed by atoms with van der Waals surface area (Å²) in [6.07, 6.45) is 0. The van der Waals surface area contributed by atoms with E-state index in [2.05, 4.69) is 197 Å². The van der Waals surface area contributed by atoms with E-state index in [-0.39, 0.29) is 0 Å². The molecule has 0 spiro atoms. The lowest BCUT2D eigenvalue weighted by molar-refractivity contribution is 1.17. The molecule has 11 rings (SSSR count). The third kappa shape index (κ3) is 4.25. The molecule has 51 heavy (non-hydrogen) atoms. The van der Waals surface area contributed by atoms with E-state index in [1.807, 2.05) is 0 Å². The molecule has 0 aliphatic carbocycles. The maximum absolute atomic E-state index is 2.43. The van der Waals surface area contributed by atoms with Crippen LogP contribution in [0, 0.1) is 0 Å². The molecule has 0 unspecified atom stereocenters. The van der Waals surface area contributed by atoms with Crippen LogP contribution < -0.4 is 0 Å². The third-order valence-corrected chi connectivity index (χ3v) is 13.2. The average molecular weight is 669 g/mol. The molecule has 0 N–H and O–H groups in total. The summed E-state index contributed by atoms with van der Waals surface area (Å²) < 4.78 is 4.84. The second-order valence-electron chi connectivity index (χ2n) is 13.4. The van der Waals surface area contributed by atoms with Crippen molar-refractivity contribution in [1.82, 2.24) is 9.13 Å². The molecule has 0 saturated carbocycles. The third-order valence-electron chi connectivity index (χ3n) is 10.6. The van der Waals surface area contributed by atoms with Gasteiger partial charge in [-0.25, -0.2) is 0 Å². The summed E-state index contributed by atoms with van der Waals surface area (Å²) >= 11 is 0. The van der Waals surface area contributed by atoms with Gasteiger partial charge in [0.15, 0.2) is 0 Å². The molecular formula is C48H32N2S. The second-order valence-corrected chi connectivity index (χ2v) is 15.5. The molecule has 0 saturated heterocycles. The molecule has 0 bridgehead atoms. The number of benzene rings is 8. The van der Waals surface area contributed by atoms with Crippen LogP contribution in [0.5, 0.6) is 0 Å². The number of thiol groups is 1. The quantitative estimate of drug-likeness (QED) is 0.179. The van der Waals surface area contributed by atoms with Crippen molar-refractivity contribution in [1.29, 1.82) is 0 Å². The molecule has 3 heteroatoms. The van der Waals surface area contributed by atoms with Gasteiger partial charge in [-0.1, -0.05) is 115 Å². The Bertz CT molecular complexity index is 2900. The van der Waals surface area contributed by atoms with Gasteiger partial charge in [-0.15, -0.1) is 0 Å². The Morgan fingerprint density at radius 3 is 1.41 bits per heavy atom. The second kappa shape index (κ2) is 11.1. The molecule has 3 heterocycles. The minimum Gasteiger partial charge on any atom is -0.309 e. The van der Waals surface area contributed by atoms with Crippen LogP contribution in [-0.2, 0) is 0 Å². The van der Waals surface area contributed by atoms with Crippen LogP contribution in [0.1, 0.15) is 0 Å². The van der Waals surface area contributed by atoms with E-state index in [1.54, 1.807) is 0 Å². The Hall–Kier alpha value is -6.29. The molecule has 0 atom stereocenters. The molecule has 2 aromatic heterocycles. The van der Waals surface area contributed by atoms with Gasteiger partial charge in [0.05, 0.1) is 22.1 Å². The monoisotopic (exact) mass is 668 g/mol. The fourth-order valence-corrected chi connectivity index (χ4v) is 11.1. The van der Waals surface area contributed by atoms with Crippen LogP contribution in [0.2, 0.25) is 0 Å². The standard InChI is InChI=1S/C48H32N2S/c1-6-22-43-37(17-1)38-18-2-7-23-44(38)50(43)35-27-28-46-42(31-35)39-19-3-8-24-45(39)49(46)34-15-11-13-32(29-34)33-14-12-16-36(30-33)51-47-25-9-4-20-40(47)41-21-5-10-26-48(41)51/h1-31,51H. The van der Waals surface area contributed by atoms with Gasteiger partial charge in [-0.05, 0) is 99.9 Å². The number of hydrogen-bond acceptors (Lipinski definition) is 0. The molecule has 240 valence electrons. The van der Waals surface area contributed by atoms with E-state index in [0.29, 0.717) is 0 Å². The van der Waals surface area contributed by atoms with Crippen molar-refractivity contribution in [3.8, 4) is 33.6 Å². The van der Waals surface area contributed by atoms with E-state index in [0.717, 1.165) is 5.69 Å². The van der Waals surface area contributed by atoms with Gasteiger partial charge in [-0.3, -0.25) is 0 Å². The first-order valence-corrected chi connectivity index (χ1v) is 18.9.